The zero-order chi connectivity index (χ0) is 18.3. The van der Waals surface area contributed by atoms with E-state index in [4.69, 9.17) is 0 Å². The van der Waals surface area contributed by atoms with Crippen LogP contribution in [0, 0.1) is 0 Å². The number of hydrogen-bond acceptors (Lipinski definition) is 3. The molecule has 3 unspecified atom stereocenters. The minimum Gasteiger partial charge on any atom is -0.338 e. The maximum Gasteiger partial charge on any atom is 0.246 e. The van der Waals surface area contributed by atoms with E-state index in [1.165, 1.54) is 11.1 Å². The molecule has 0 N–H and O–H groups in total. The summed E-state index contributed by atoms with van der Waals surface area (Å²) in [4.78, 5) is 29.8. The molecule has 2 saturated heterocycles. The summed E-state index contributed by atoms with van der Waals surface area (Å²) in [7, 11) is 0. The zero-order valence-corrected chi connectivity index (χ0v) is 16.6. The Morgan fingerprint density at radius 3 is 2.85 bits per heavy atom. The largest absolute Gasteiger partial charge is 0.338 e. The number of benzene rings is 1. The maximum absolute atomic E-state index is 13.5. The van der Waals surface area contributed by atoms with E-state index >= 15 is 0 Å². The van der Waals surface area contributed by atoms with Crippen LogP contribution in [0.15, 0.2) is 24.3 Å². The molecule has 4 rings (SSSR count). The van der Waals surface area contributed by atoms with Crippen molar-refractivity contribution in [3.63, 3.8) is 0 Å². The Balaban J connectivity index is 1.55. The average molecular weight is 373 g/mol. The standard InChI is InChI=1S/C21H28N2O2S/c1-3-12-22(17-9-8-15-6-4-5-7-16(15)13-17)20(25)18-14-26-21(2)11-10-19(24)23(18)21/h4-7,17-18H,3,8-14H2,1-2H3. The van der Waals surface area contributed by atoms with E-state index in [-0.39, 0.29) is 28.8 Å². The predicted octanol–water partition coefficient (Wildman–Crippen LogP) is 3.24. The molecule has 0 saturated carbocycles. The van der Waals surface area contributed by atoms with Crippen LogP contribution in [0.25, 0.3) is 0 Å². The molecule has 0 bridgehead atoms. The lowest BCUT2D eigenvalue weighted by Crippen LogP contribution is -2.54. The molecule has 140 valence electrons. The van der Waals surface area contributed by atoms with Gasteiger partial charge >= 0.3 is 0 Å². The molecular weight excluding hydrogens is 344 g/mol. The highest BCUT2D eigenvalue weighted by molar-refractivity contribution is 8.01. The molecule has 2 amide bonds. The van der Waals surface area contributed by atoms with E-state index in [1.807, 2.05) is 4.90 Å². The fourth-order valence-electron chi connectivity index (χ4n) is 4.85. The Morgan fingerprint density at radius 1 is 1.31 bits per heavy atom. The molecule has 0 aromatic heterocycles. The van der Waals surface area contributed by atoms with Gasteiger partial charge in [-0.15, -0.1) is 11.8 Å². The molecular formula is C21H28N2O2S. The first-order valence-electron chi connectivity index (χ1n) is 9.87. The smallest absolute Gasteiger partial charge is 0.246 e. The van der Waals surface area contributed by atoms with E-state index in [1.54, 1.807) is 11.8 Å². The van der Waals surface area contributed by atoms with Crippen LogP contribution in [0.2, 0.25) is 0 Å². The Hall–Kier alpha value is -1.49. The van der Waals surface area contributed by atoms with Crippen molar-refractivity contribution in [1.29, 1.82) is 0 Å². The van der Waals surface area contributed by atoms with Crippen molar-refractivity contribution in [3.05, 3.63) is 35.4 Å². The van der Waals surface area contributed by atoms with E-state index in [0.717, 1.165) is 44.4 Å². The van der Waals surface area contributed by atoms with Crippen LogP contribution < -0.4 is 0 Å². The monoisotopic (exact) mass is 372 g/mol. The number of thioether (sulfide) groups is 1. The summed E-state index contributed by atoms with van der Waals surface area (Å²) in [5, 5.41) is 0. The highest BCUT2D eigenvalue weighted by atomic mass is 32.2. The number of fused-ring (bicyclic) bond motifs is 2. The number of hydrogen-bond donors (Lipinski definition) is 0. The van der Waals surface area contributed by atoms with Gasteiger partial charge in [0.2, 0.25) is 11.8 Å². The van der Waals surface area contributed by atoms with Crippen molar-refractivity contribution >= 4 is 23.6 Å². The first kappa shape index (κ1) is 17.9. The molecule has 0 radical (unpaired) electrons. The number of carbonyl (C=O) groups is 2. The van der Waals surface area contributed by atoms with Gasteiger partial charge in [0, 0.05) is 24.8 Å². The lowest BCUT2D eigenvalue weighted by Gasteiger charge is -2.39. The normalized spacial score (nSPS) is 30.2. The van der Waals surface area contributed by atoms with Crippen LogP contribution in [0.4, 0.5) is 0 Å². The summed E-state index contributed by atoms with van der Waals surface area (Å²) in [6.07, 6.45) is 5.40. The van der Waals surface area contributed by atoms with Gasteiger partial charge in [-0.1, -0.05) is 31.2 Å². The van der Waals surface area contributed by atoms with Gasteiger partial charge in [0.25, 0.3) is 0 Å². The third-order valence-electron chi connectivity index (χ3n) is 6.24. The quantitative estimate of drug-likeness (QED) is 0.815. The maximum atomic E-state index is 13.5. The summed E-state index contributed by atoms with van der Waals surface area (Å²) in [6, 6.07) is 8.58. The van der Waals surface area contributed by atoms with Crippen LogP contribution in [0.5, 0.6) is 0 Å². The molecule has 1 aromatic carbocycles. The van der Waals surface area contributed by atoms with Gasteiger partial charge in [-0.05, 0) is 50.2 Å². The fourth-order valence-corrected chi connectivity index (χ4v) is 6.28. The highest BCUT2D eigenvalue weighted by Gasteiger charge is 2.54. The lowest BCUT2D eigenvalue weighted by molar-refractivity contribution is -0.145. The molecule has 5 heteroatoms. The van der Waals surface area contributed by atoms with Crippen molar-refractivity contribution < 1.29 is 9.59 Å². The molecule has 4 nitrogen and oxygen atoms in total. The number of nitrogens with zero attached hydrogens (tertiary/aromatic N) is 2. The van der Waals surface area contributed by atoms with E-state index < -0.39 is 0 Å². The summed E-state index contributed by atoms with van der Waals surface area (Å²) in [6.45, 7) is 5.04. The van der Waals surface area contributed by atoms with Crippen LogP contribution in [0.3, 0.4) is 0 Å². The van der Waals surface area contributed by atoms with Crippen molar-refractivity contribution in [2.24, 2.45) is 0 Å². The molecule has 1 aliphatic carbocycles. The fraction of sp³-hybridized carbons (Fsp3) is 0.619. The second kappa shape index (κ2) is 6.91. The Kier molecular flexibility index (Phi) is 4.76. The zero-order valence-electron chi connectivity index (χ0n) is 15.7. The third-order valence-corrected chi connectivity index (χ3v) is 7.74. The SMILES string of the molecule is CCCN(C(=O)C1CSC2(C)CCC(=O)N12)C1CCc2ccccc2C1. The van der Waals surface area contributed by atoms with Crippen molar-refractivity contribution in [2.75, 3.05) is 12.3 Å². The number of aryl methyl sites for hydroxylation is 1. The Labute approximate surface area is 160 Å². The van der Waals surface area contributed by atoms with Gasteiger partial charge in [-0.2, -0.15) is 0 Å². The van der Waals surface area contributed by atoms with E-state index in [2.05, 4.69) is 43.0 Å². The predicted molar refractivity (Wildman–Crippen MR) is 105 cm³/mol. The van der Waals surface area contributed by atoms with Crippen LogP contribution in [-0.4, -0.2) is 50.9 Å². The molecule has 26 heavy (non-hydrogen) atoms. The molecule has 1 aromatic rings. The minimum absolute atomic E-state index is 0.154. The molecule has 2 fully saturated rings. The van der Waals surface area contributed by atoms with Gasteiger partial charge < -0.3 is 9.80 Å². The molecule has 3 atom stereocenters. The molecule has 2 aliphatic heterocycles. The number of carbonyl (C=O) groups excluding carboxylic acids is 2. The number of rotatable bonds is 4. The van der Waals surface area contributed by atoms with Gasteiger partial charge in [-0.3, -0.25) is 9.59 Å². The molecule has 2 heterocycles. The molecule has 0 spiro atoms. The number of amides is 2. The second-order valence-electron chi connectivity index (χ2n) is 7.96. The Bertz CT molecular complexity index is 722. The second-order valence-corrected chi connectivity index (χ2v) is 9.46. The van der Waals surface area contributed by atoms with E-state index in [0.29, 0.717) is 6.42 Å². The highest BCUT2D eigenvalue weighted by Crippen LogP contribution is 2.47. The average Bonchev–Trinajstić information content (AvgIpc) is 3.15. The van der Waals surface area contributed by atoms with Crippen molar-refractivity contribution in [3.8, 4) is 0 Å². The van der Waals surface area contributed by atoms with Crippen molar-refractivity contribution in [2.45, 2.75) is 69.3 Å². The first-order chi connectivity index (χ1) is 12.5. The van der Waals surface area contributed by atoms with Crippen LogP contribution >= 0.6 is 11.8 Å². The van der Waals surface area contributed by atoms with E-state index in [9.17, 15) is 9.59 Å². The van der Waals surface area contributed by atoms with Gasteiger partial charge in [0.1, 0.15) is 6.04 Å². The Morgan fingerprint density at radius 2 is 2.08 bits per heavy atom. The topological polar surface area (TPSA) is 40.6 Å². The van der Waals surface area contributed by atoms with Gasteiger partial charge in [0.05, 0.1) is 4.87 Å². The minimum atomic E-state index is -0.274. The summed E-state index contributed by atoms with van der Waals surface area (Å²) in [5.74, 6) is 1.06. The summed E-state index contributed by atoms with van der Waals surface area (Å²) >= 11 is 1.78. The summed E-state index contributed by atoms with van der Waals surface area (Å²) < 4.78 is 0. The third kappa shape index (κ3) is 2.94. The van der Waals surface area contributed by atoms with Crippen LogP contribution in [0.1, 0.15) is 50.7 Å². The lowest BCUT2D eigenvalue weighted by atomic mass is 9.87. The van der Waals surface area contributed by atoms with Crippen LogP contribution in [-0.2, 0) is 22.4 Å². The van der Waals surface area contributed by atoms with Gasteiger partial charge in [-0.25, -0.2) is 0 Å². The first-order valence-corrected chi connectivity index (χ1v) is 10.9. The molecule has 3 aliphatic rings. The summed E-state index contributed by atoms with van der Waals surface area (Å²) in [5.41, 5.74) is 2.80. The van der Waals surface area contributed by atoms with Crippen molar-refractivity contribution in [1.82, 2.24) is 9.80 Å². The van der Waals surface area contributed by atoms with Gasteiger partial charge in [0.15, 0.2) is 0 Å².